The number of ether oxygens (including phenoxy) is 3. The minimum Gasteiger partial charge on any atom is -0.504 e. The molecule has 174 valence electrons. The highest BCUT2D eigenvalue weighted by molar-refractivity contribution is 5.47. The summed E-state index contributed by atoms with van der Waals surface area (Å²) in [6, 6.07) is 22.1. The fourth-order valence-corrected chi connectivity index (χ4v) is 4.52. The third kappa shape index (κ3) is 5.24. The molecule has 4 rings (SSSR count). The van der Waals surface area contributed by atoms with E-state index in [-0.39, 0.29) is 11.9 Å². The van der Waals surface area contributed by atoms with Gasteiger partial charge in [-0.05, 0) is 47.9 Å². The summed E-state index contributed by atoms with van der Waals surface area (Å²) >= 11 is 0. The number of hydrogen-bond donors (Lipinski definition) is 1. The van der Waals surface area contributed by atoms with Crippen molar-refractivity contribution < 1.29 is 19.3 Å². The van der Waals surface area contributed by atoms with Crippen LogP contribution in [0.1, 0.15) is 29.3 Å². The summed E-state index contributed by atoms with van der Waals surface area (Å²) < 4.78 is 16.0. The molecule has 0 aliphatic carbocycles. The van der Waals surface area contributed by atoms with Crippen molar-refractivity contribution in [3.63, 3.8) is 0 Å². The molecule has 0 unspecified atom stereocenters. The maximum absolute atomic E-state index is 11.0. The Balaban J connectivity index is 1.66. The first-order valence-electron chi connectivity index (χ1n) is 11.2. The zero-order valence-electron chi connectivity index (χ0n) is 19.5. The molecule has 33 heavy (non-hydrogen) atoms. The van der Waals surface area contributed by atoms with Gasteiger partial charge in [0.25, 0.3) is 0 Å². The maximum atomic E-state index is 11.0. The molecule has 0 radical (unpaired) electrons. The van der Waals surface area contributed by atoms with E-state index >= 15 is 0 Å². The minimum absolute atomic E-state index is 0.0851. The molecule has 1 aliphatic heterocycles. The molecule has 0 aromatic heterocycles. The van der Waals surface area contributed by atoms with Gasteiger partial charge in [0.2, 0.25) is 0 Å². The molecular weight excluding hydrogens is 416 g/mol. The number of methoxy groups -OCH3 is 3. The maximum Gasteiger partial charge on any atom is 0.163 e. The Morgan fingerprint density at radius 3 is 1.70 bits per heavy atom. The molecule has 0 saturated carbocycles. The third-order valence-corrected chi connectivity index (χ3v) is 6.20. The third-order valence-electron chi connectivity index (χ3n) is 6.20. The Bertz CT molecular complexity index is 979. The number of phenols is 1. The molecule has 1 N–H and O–H groups in total. The lowest BCUT2D eigenvalue weighted by Crippen LogP contribution is -2.46. The van der Waals surface area contributed by atoms with Crippen LogP contribution in [-0.4, -0.2) is 49.3 Å². The van der Waals surface area contributed by atoms with Gasteiger partial charge in [0, 0.05) is 31.7 Å². The normalized spacial score (nSPS) is 15.4. The Kier molecular flexibility index (Phi) is 7.37. The van der Waals surface area contributed by atoms with Crippen molar-refractivity contribution >= 4 is 0 Å². The summed E-state index contributed by atoms with van der Waals surface area (Å²) in [5.74, 6) is 2.39. The molecule has 3 aromatic carbocycles. The van der Waals surface area contributed by atoms with E-state index < -0.39 is 0 Å². The average Bonchev–Trinajstić information content (AvgIpc) is 2.86. The number of para-hydroxylation sites is 1. The molecule has 0 amide bonds. The molecule has 1 aliphatic rings. The first-order valence-corrected chi connectivity index (χ1v) is 11.2. The van der Waals surface area contributed by atoms with E-state index in [1.54, 1.807) is 27.4 Å². The number of aromatic hydroxyl groups is 1. The van der Waals surface area contributed by atoms with Crippen LogP contribution in [0.2, 0.25) is 0 Å². The number of phenolic OH excluding ortho intramolecular Hbond substituents is 1. The fourth-order valence-electron chi connectivity index (χ4n) is 4.52. The van der Waals surface area contributed by atoms with Crippen molar-refractivity contribution in [3.05, 3.63) is 83.4 Å². The summed E-state index contributed by atoms with van der Waals surface area (Å²) in [6.07, 6.45) is 0.964. The van der Waals surface area contributed by atoms with Crippen LogP contribution in [0.15, 0.2) is 66.7 Å². The number of nitrogens with zero attached hydrogens (tertiary/aromatic N) is 2. The van der Waals surface area contributed by atoms with Gasteiger partial charge in [-0.15, -0.1) is 0 Å². The van der Waals surface area contributed by atoms with E-state index in [1.807, 2.05) is 36.4 Å². The smallest absolute Gasteiger partial charge is 0.163 e. The van der Waals surface area contributed by atoms with Crippen LogP contribution in [-0.2, 0) is 13.1 Å². The molecule has 0 bridgehead atoms. The van der Waals surface area contributed by atoms with Crippen LogP contribution < -0.4 is 14.2 Å². The van der Waals surface area contributed by atoms with Crippen molar-refractivity contribution in [2.75, 3.05) is 34.4 Å². The van der Waals surface area contributed by atoms with Crippen molar-refractivity contribution in [2.24, 2.45) is 0 Å². The first kappa shape index (κ1) is 23.0. The number of rotatable bonds is 8. The molecule has 6 heteroatoms. The molecule has 0 spiro atoms. The summed E-state index contributed by atoms with van der Waals surface area (Å²) in [5.41, 5.74) is 3.26. The van der Waals surface area contributed by atoms with Gasteiger partial charge in [0.15, 0.2) is 11.5 Å². The quantitative estimate of drug-likeness (QED) is 0.533. The second kappa shape index (κ2) is 10.6. The van der Waals surface area contributed by atoms with Crippen LogP contribution in [0.4, 0.5) is 0 Å². The van der Waals surface area contributed by atoms with Gasteiger partial charge in [-0.25, -0.2) is 0 Å². The molecule has 0 atom stereocenters. The first-order chi connectivity index (χ1) is 16.1. The van der Waals surface area contributed by atoms with E-state index in [2.05, 4.69) is 34.1 Å². The highest BCUT2D eigenvalue weighted by Gasteiger charge is 2.33. The van der Waals surface area contributed by atoms with E-state index in [0.29, 0.717) is 5.75 Å². The Morgan fingerprint density at radius 1 is 0.727 bits per heavy atom. The SMILES string of the molecule is COc1ccc(CN2CCCN(Cc3ccc(OC)cc3)C2c2cccc(OC)c2O)cc1. The second-order valence-electron chi connectivity index (χ2n) is 8.26. The standard InChI is InChI=1S/C27H32N2O4/c1-31-22-12-8-20(9-13-22)18-28-16-5-17-29(19-21-10-14-23(32-2)15-11-21)27(28)24-6-4-7-25(33-3)26(24)30/h4,6-15,27,30H,5,16-19H2,1-3H3. The number of benzene rings is 3. The van der Waals surface area contributed by atoms with E-state index in [9.17, 15) is 5.11 Å². The van der Waals surface area contributed by atoms with E-state index in [4.69, 9.17) is 14.2 Å². The minimum atomic E-state index is -0.0851. The molecular formula is C27H32N2O4. The monoisotopic (exact) mass is 448 g/mol. The van der Waals surface area contributed by atoms with Gasteiger partial charge < -0.3 is 19.3 Å². The van der Waals surface area contributed by atoms with Crippen molar-refractivity contribution in [1.29, 1.82) is 0 Å². The van der Waals surface area contributed by atoms with Crippen LogP contribution in [0, 0.1) is 0 Å². The van der Waals surface area contributed by atoms with Crippen molar-refractivity contribution in [3.8, 4) is 23.0 Å². The van der Waals surface area contributed by atoms with Gasteiger partial charge in [-0.2, -0.15) is 0 Å². The molecule has 1 heterocycles. The van der Waals surface area contributed by atoms with E-state index in [1.165, 1.54) is 11.1 Å². The van der Waals surface area contributed by atoms with Crippen molar-refractivity contribution in [1.82, 2.24) is 9.80 Å². The molecule has 1 saturated heterocycles. The van der Waals surface area contributed by atoms with E-state index in [0.717, 1.165) is 49.7 Å². The predicted octanol–water partition coefficient (Wildman–Crippen LogP) is 4.82. The van der Waals surface area contributed by atoms with Gasteiger partial charge >= 0.3 is 0 Å². The summed E-state index contributed by atoms with van der Waals surface area (Å²) in [5, 5.41) is 11.0. The van der Waals surface area contributed by atoms with Crippen LogP contribution in [0.3, 0.4) is 0 Å². The highest BCUT2D eigenvalue weighted by atomic mass is 16.5. The summed E-state index contributed by atoms with van der Waals surface area (Å²) in [4.78, 5) is 4.84. The molecule has 6 nitrogen and oxygen atoms in total. The largest absolute Gasteiger partial charge is 0.504 e. The summed E-state index contributed by atoms with van der Waals surface area (Å²) in [6.45, 7) is 3.41. The lowest BCUT2D eigenvalue weighted by Gasteiger charge is -2.44. The zero-order chi connectivity index (χ0) is 23.2. The zero-order valence-corrected chi connectivity index (χ0v) is 19.5. The Morgan fingerprint density at radius 2 is 1.24 bits per heavy atom. The fraction of sp³-hybridized carbons (Fsp3) is 0.333. The lowest BCUT2D eigenvalue weighted by atomic mass is 10.0. The topological polar surface area (TPSA) is 54.4 Å². The number of hydrogen-bond acceptors (Lipinski definition) is 6. The van der Waals surface area contributed by atoms with Crippen molar-refractivity contribution in [2.45, 2.75) is 25.7 Å². The van der Waals surface area contributed by atoms with Gasteiger partial charge in [0.1, 0.15) is 11.5 Å². The lowest BCUT2D eigenvalue weighted by molar-refractivity contribution is -0.0105. The van der Waals surface area contributed by atoms with Crippen LogP contribution in [0.5, 0.6) is 23.0 Å². The summed E-state index contributed by atoms with van der Waals surface area (Å²) in [7, 11) is 4.94. The van der Waals surface area contributed by atoms with Gasteiger partial charge in [-0.1, -0.05) is 36.4 Å². The average molecular weight is 449 g/mol. The van der Waals surface area contributed by atoms with Gasteiger partial charge in [-0.3, -0.25) is 9.80 Å². The van der Waals surface area contributed by atoms with Gasteiger partial charge in [0.05, 0.1) is 27.5 Å². The molecule has 3 aromatic rings. The second-order valence-corrected chi connectivity index (χ2v) is 8.26. The Labute approximate surface area is 195 Å². The van der Waals surface area contributed by atoms with Crippen LogP contribution in [0.25, 0.3) is 0 Å². The Hall–Kier alpha value is -3.22. The predicted molar refractivity (Wildman–Crippen MR) is 129 cm³/mol. The molecule has 1 fully saturated rings. The van der Waals surface area contributed by atoms with Crippen LogP contribution >= 0.6 is 0 Å². The highest BCUT2D eigenvalue weighted by Crippen LogP contribution is 2.40.